The minimum atomic E-state index is -5.51. The van der Waals surface area contributed by atoms with Crippen molar-refractivity contribution in [3.05, 3.63) is 53.3 Å². The Bertz CT molecular complexity index is 1150. The molecule has 2 aromatic carbocycles. The molecular formula is C22H18F4N2O7. The number of benzene rings is 2. The Balaban J connectivity index is 2.22. The van der Waals surface area contributed by atoms with Gasteiger partial charge in [0.25, 0.3) is 0 Å². The minimum Gasteiger partial charge on any atom is -0.487 e. The fourth-order valence-corrected chi connectivity index (χ4v) is 3.58. The third-order valence-electron chi connectivity index (χ3n) is 5.16. The number of aldehydes is 1. The van der Waals surface area contributed by atoms with Gasteiger partial charge in [-0.05, 0) is 5.56 Å². The van der Waals surface area contributed by atoms with E-state index < -0.39 is 66.0 Å². The van der Waals surface area contributed by atoms with E-state index in [0.29, 0.717) is 10.5 Å². The van der Waals surface area contributed by atoms with Crippen molar-refractivity contribution < 1.29 is 51.3 Å². The molecule has 1 aliphatic heterocycles. The number of fused-ring (bicyclic) bond motifs is 1. The van der Waals surface area contributed by atoms with Crippen molar-refractivity contribution in [2.75, 3.05) is 23.5 Å². The molecule has 1 N–H and O–H groups in total. The van der Waals surface area contributed by atoms with Crippen molar-refractivity contribution in [3.8, 4) is 5.75 Å². The summed E-state index contributed by atoms with van der Waals surface area (Å²) in [5, 5.41) is 9.50. The molecule has 186 valence electrons. The third-order valence-corrected chi connectivity index (χ3v) is 5.16. The van der Waals surface area contributed by atoms with Gasteiger partial charge < -0.3 is 19.4 Å². The molecule has 1 heterocycles. The van der Waals surface area contributed by atoms with Crippen LogP contribution in [-0.2, 0) is 32.1 Å². The highest BCUT2D eigenvalue weighted by Gasteiger charge is 2.47. The van der Waals surface area contributed by atoms with Crippen LogP contribution in [0.4, 0.5) is 33.7 Å². The highest BCUT2D eigenvalue weighted by molar-refractivity contribution is 6.03. The summed E-state index contributed by atoms with van der Waals surface area (Å²) in [5.41, 5.74) is -1.29. The summed E-state index contributed by atoms with van der Waals surface area (Å²) in [6, 6.07) is 7.73. The van der Waals surface area contributed by atoms with E-state index >= 15 is 4.39 Å². The summed E-state index contributed by atoms with van der Waals surface area (Å²) in [6.07, 6.45) is -7.38. The van der Waals surface area contributed by atoms with Gasteiger partial charge in [0.05, 0.1) is 18.8 Å². The molecule has 35 heavy (non-hydrogen) atoms. The number of hydrogen-bond acceptors (Lipinski definition) is 6. The minimum absolute atomic E-state index is 0.179. The second kappa shape index (κ2) is 9.99. The van der Waals surface area contributed by atoms with Crippen LogP contribution < -0.4 is 14.5 Å². The number of esters is 1. The van der Waals surface area contributed by atoms with E-state index in [9.17, 15) is 37.5 Å². The molecule has 13 heteroatoms. The Labute approximate surface area is 195 Å². The van der Waals surface area contributed by atoms with Crippen LogP contribution in [0.3, 0.4) is 0 Å². The SMILES string of the molecule is COC(=O)CN(C(=O)C(F)(F)F)c1c(OCc2ccccc2)cc2c(c1F)C[C@@H](C=O)N2C(=O)O. The predicted octanol–water partition coefficient (Wildman–Crippen LogP) is 3.08. The van der Waals surface area contributed by atoms with Crippen LogP contribution in [-0.4, -0.2) is 55.2 Å². The van der Waals surface area contributed by atoms with Gasteiger partial charge in [-0.25, -0.2) is 9.18 Å². The molecule has 0 bridgehead atoms. The van der Waals surface area contributed by atoms with Gasteiger partial charge in [-0.1, -0.05) is 30.3 Å². The van der Waals surface area contributed by atoms with Crippen molar-refractivity contribution in [1.82, 2.24) is 0 Å². The zero-order valence-corrected chi connectivity index (χ0v) is 18.0. The molecule has 0 saturated carbocycles. The quantitative estimate of drug-likeness (QED) is 0.355. The summed E-state index contributed by atoms with van der Waals surface area (Å²) in [6.45, 7) is -1.62. The Morgan fingerprint density at radius 2 is 1.89 bits per heavy atom. The second-order valence-corrected chi connectivity index (χ2v) is 7.33. The molecular weight excluding hydrogens is 480 g/mol. The summed E-state index contributed by atoms with van der Waals surface area (Å²) in [5.74, 6) is -5.95. The lowest BCUT2D eigenvalue weighted by Crippen LogP contribution is -2.45. The zero-order chi connectivity index (χ0) is 25.9. The van der Waals surface area contributed by atoms with Crippen LogP contribution in [0, 0.1) is 5.82 Å². The van der Waals surface area contributed by atoms with Crippen molar-refractivity contribution in [3.63, 3.8) is 0 Å². The number of ether oxygens (including phenoxy) is 2. The molecule has 0 spiro atoms. The lowest BCUT2D eigenvalue weighted by Gasteiger charge is -2.27. The number of carboxylic acid groups (broad SMARTS) is 1. The number of nitrogens with zero attached hydrogens (tertiary/aromatic N) is 2. The first-order chi connectivity index (χ1) is 16.5. The standard InChI is InChI=1S/C22H18F4N2O7/c1-34-17(30)9-27(20(31)22(24,25)26)19-16(35-11-12-5-3-2-4-6-12)8-15-14(18(19)23)7-13(10-29)28(15)21(32)33/h2-6,8,10,13H,7,9,11H2,1H3,(H,32,33)/t13-/m0/s1. The number of carbonyl (C=O) groups excluding carboxylic acids is 3. The third kappa shape index (κ3) is 5.18. The topological polar surface area (TPSA) is 113 Å². The van der Waals surface area contributed by atoms with Crippen LogP contribution in [0.1, 0.15) is 11.1 Å². The lowest BCUT2D eigenvalue weighted by atomic mass is 10.1. The van der Waals surface area contributed by atoms with Crippen LogP contribution >= 0.6 is 0 Å². The smallest absolute Gasteiger partial charge is 0.471 e. The fourth-order valence-electron chi connectivity index (χ4n) is 3.58. The lowest BCUT2D eigenvalue weighted by molar-refractivity contribution is -0.171. The van der Waals surface area contributed by atoms with Gasteiger partial charge in [0.2, 0.25) is 0 Å². The van der Waals surface area contributed by atoms with Gasteiger partial charge in [0, 0.05) is 18.1 Å². The first-order valence-electron chi connectivity index (χ1n) is 9.94. The average Bonchev–Trinajstić information content (AvgIpc) is 3.20. The number of alkyl halides is 3. The summed E-state index contributed by atoms with van der Waals surface area (Å²) in [4.78, 5) is 47.5. The highest BCUT2D eigenvalue weighted by Crippen LogP contribution is 2.45. The van der Waals surface area contributed by atoms with Crippen LogP contribution in [0.5, 0.6) is 5.75 Å². The highest BCUT2D eigenvalue weighted by atomic mass is 19.4. The molecule has 2 aromatic rings. The van der Waals surface area contributed by atoms with E-state index in [1.807, 2.05) is 0 Å². The zero-order valence-electron chi connectivity index (χ0n) is 18.0. The van der Waals surface area contributed by atoms with E-state index in [4.69, 9.17) is 4.74 Å². The van der Waals surface area contributed by atoms with Crippen LogP contribution in [0.25, 0.3) is 0 Å². The van der Waals surface area contributed by atoms with E-state index in [0.717, 1.165) is 13.2 Å². The maximum Gasteiger partial charge on any atom is 0.471 e. The number of anilines is 2. The molecule has 0 unspecified atom stereocenters. The van der Waals surface area contributed by atoms with Crippen molar-refractivity contribution in [1.29, 1.82) is 0 Å². The van der Waals surface area contributed by atoms with E-state index in [1.165, 1.54) is 0 Å². The molecule has 0 aromatic heterocycles. The monoisotopic (exact) mass is 498 g/mol. The molecule has 0 saturated heterocycles. The van der Waals surface area contributed by atoms with Gasteiger partial charge in [0.15, 0.2) is 5.82 Å². The van der Waals surface area contributed by atoms with Crippen LogP contribution in [0.2, 0.25) is 0 Å². The van der Waals surface area contributed by atoms with Gasteiger partial charge in [0.1, 0.15) is 30.9 Å². The predicted molar refractivity (Wildman–Crippen MR) is 112 cm³/mol. The Morgan fingerprint density at radius 1 is 1.23 bits per heavy atom. The molecule has 3 rings (SSSR count). The Kier molecular flexibility index (Phi) is 7.27. The summed E-state index contributed by atoms with van der Waals surface area (Å²) < 4.78 is 65.7. The van der Waals surface area contributed by atoms with Gasteiger partial charge >= 0.3 is 24.1 Å². The Morgan fingerprint density at radius 3 is 2.43 bits per heavy atom. The molecule has 2 amide bonds. The summed E-state index contributed by atoms with van der Waals surface area (Å²) >= 11 is 0. The molecule has 0 radical (unpaired) electrons. The number of methoxy groups -OCH3 is 1. The van der Waals surface area contributed by atoms with Crippen molar-refractivity contribution >= 4 is 35.6 Å². The second-order valence-electron chi connectivity index (χ2n) is 7.33. The molecule has 0 fully saturated rings. The molecule has 0 aliphatic carbocycles. The number of carbonyl (C=O) groups is 4. The first-order valence-corrected chi connectivity index (χ1v) is 9.94. The molecule has 9 nitrogen and oxygen atoms in total. The van der Waals surface area contributed by atoms with Gasteiger partial charge in [-0.15, -0.1) is 0 Å². The maximum absolute atomic E-state index is 15.7. The number of rotatable bonds is 7. The average molecular weight is 498 g/mol. The number of hydrogen-bond donors (Lipinski definition) is 1. The van der Waals surface area contributed by atoms with E-state index in [2.05, 4.69) is 4.74 Å². The number of halogens is 4. The van der Waals surface area contributed by atoms with Crippen molar-refractivity contribution in [2.45, 2.75) is 25.2 Å². The van der Waals surface area contributed by atoms with Crippen LogP contribution in [0.15, 0.2) is 36.4 Å². The van der Waals surface area contributed by atoms with E-state index in [-0.39, 0.29) is 23.5 Å². The summed E-state index contributed by atoms with van der Waals surface area (Å²) in [7, 11) is 0.865. The van der Waals surface area contributed by atoms with Gasteiger partial charge in [-0.2, -0.15) is 13.2 Å². The van der Waals surface area contributed by atoms with Crippen molar-refractivity contribution in [2.24, 2.45) is 0 Å². The molecule has 1 atom stereocenters. The normalized spacial score (nSPS) is 14.8. The fraction of sp³-hybridized carbons (Fsp3) is 0.273. The molecule has 1 aliphatic rings. The maximum atomic E-state index is 15.7. The van der Waals surface area contributed by atoms with E-state index in [1.54, 1.807) is 30.3 Å². The van der Waals surface area contributed by atoms with Gasteiger partial charge in [-0.3, -0.25) is 19.4 Å². The number of amides is 2. The largest absolute Gasteiger partial charge is 0.487 e. The first kappa shape index (κ1) is 25.5. The Hall–Kier alpha value is -4.16.